The highest BCUT2D eigenvalue weighted by atomic mass is 19.1. The van der Waals surface area contributed by atoms with Crippen molar-refractivity contribution < 1.29 is 4.39 Å². The largest absolute Gasteiger partial charge is 0.311 e. The van der Waals surface area contributed by atoms with E-state index >= 15 is 0 Å². The number of benzene rings is 1. The summed E-state index contributed by atoms with van der Waals surface area (Å²) in [5.41, 5.74) is 2.41. The molecule has 2 aromatic rings. The molecule has 1 aromatic carbocycles. The van der Waals surface area contributed by atoms with Crippen LogP contribution in [0, 0.1) is 18.7 Å². The highest BCUT2D eigenvalue weighted by Crippen LogP contribution is 2.12. The Labute approximate surface area is 112 Å². The van der Waals surface area contributed by atoms with Crippen LogP contribution in [0.25, 0.3) is 5.69 Å². The van der Waals surface area contributed by atoms with Crippen molar-refractivity contribution in [3.8, 4) is 5.69 Å². The van der Waals surface area contributed by atoms with E-state index in [9.17, 15) is 4.39 Å². The summed E-state index contributed by atoms with van der Waals surface area (Å²) in [5.74, 6) is 0.339. The molecular formula is C14H19FN4. The molecule has 0 bridgehead atoms. The van der Waals surface area contributed by atoms with Crippen LogP contribution in [0.15, 0.2) is 24.4 Å². The fraction of sp³-hybridized carbons (Fsp3) is 0.429. The van der Waals surface area contributed by atoms with Crippen molar-refractivity contribution in [3.63, 3.8) is 0 Å². The van der Waals surface area contributed by atoms with Crippen LogP contribution in [0.2, 0.25) is 0 Å². The van der Waals surface area contributed by atoms with E-state index in [1.54, 1.807) is 4.68 Å². The minimum absolute atomic E-state index is 0.259. The zero-order valence-electron chi connectivity index (χ0n) is 11.5. The van der Waals surface area contributed by atoms with Crippen LogP contribution in [-0.4, -0.2) is 21.5 Å². The lowest BCUT2D eigenvalue weighted by atomic mass is 10.2. The SMILES string of the molecule is Cc1cc(F)cc(-n2cc(CNCC(C)C)nn2)c1. The molecule has 0 atom stereocenters. The van der Waals surface area contributed by atoms with Crippen molar-refractivity contribution >= 4 is 0 Å². The van der Waals surface area contributed by atoms with Gasteiger partial charge in [0.2, 0.25) is 0 Å². The van der Waals surface area contributed by atoms with Gasteiger partial charge >= 0.3 is 0 Å². The first kappa shape index (κ1) is 13.7. The third-order valence-corrected chi connectivity index (χ3v) is 2.69. The van der Waals surface area contributed by atoms with Crippen LogP contribution < -0.4 is 5.32 Å². The van der Waals surface area contributed by atoms with Crippen LogP contribution in [0.5, 0.6) is 0 Å². The summed E-state index contributed by atoms with van der Waals surface area (Å²) < 4.78 is 14.9. The molecule has 0 saturated heterocycles. The Morgan fingerprint density at radius 1 is 1.32 bits per heavy atom. The van der Waals surface area contributed by atoms with Gasteiger partial charge in [0.15, 0.2) is 0 Å². The van der Waals surface area contributed by atoms with Gasteiger partial charge in [-0.2, -0.15) is 0 Å². The van der Waals surface area contributed by atoms with E-state index in [2.05, 4.69) is 29.5 Å². The van der Waals surface area contributed by atoms with Gasteiger partial charge in [-0.3, -0.25) is 0 Å². The number of hydrogen-bond acceptors (Lipinski definition) is 3. The van der Waals surface area contributed by atoms with Crippen molar-refractivity contribution in [2.24, 2.45) is 5.92 Å². The summed E-state index contributed by atoms with van der Waals surface area (Å²) in [4.78, 5) is 0. The van der Waals surface area contributed by atoms with Crippen molar-refractivity contribution in [3.05, 3.63) is 41.5 Å². The molecule has 5 heteroatoms. The van der Waals surface area contributed by atoms with E-state index in [-0.39, 0.29) is 5.82 Å². The zero-order valence-corrected chi connectivity index (χ0v) is 11.5. The van der Waals surface area contributed by atoms with Gasteiger partial charge in [-0.15, -0.1) is 5.10 Å². The monoisotopic (exact) mass is 262 g/mol. The first-order valence-corrected chi connectivity index (χ1v) is 6.44. The number of hydrogen-bond donors (Lipinski definition) is 1. The Morgan fingerprint density at radius 2 is 2.11 bits per heavy atom. The van der Waals surface area contributed by atoms with Crippen LogP contribution >= 0.6 is 0 Å². The summed E-state index contributed by atoms with van der Waals surface area (Å²) in [5, 5.41) is 11.4. The normalized spacial score (nSPS) is 11.2. The molecule has 0 saturated carbocycles. The fourth-order valence-corrected chi connectivity index (χ4v) is 1.84. The number of aryl methyl sites for hydroxylation is 1. The highest BCUT2D eigenvalue weighted by molar-refractivity contribution is 5.35. The maximum atomic E-state index is 13.3. The van der Waals surface area contributed by atoms with Gasteiger partial charge < -0.3 is 5.32 Å². The van der Waals surface area contributed by atoms with Crippen LogP contribution in [0.3, 0.4) is 0 Å². The van der Waals surface area contributed by atoms with E-state index in [4.69, 9.17) is 0 Å². The van der Waals surface area contributed by atoms with Crippen molar-refractivity contribution in [2.45, 2.75) is 27.3 Å². The summed E-state index contributed by atoms with van der Waals surface area (Å²) in [7, 11) is 0. The standard InChI is InChI=1S/C14H19FN4/c1-10(2)7-16-8-13-9-19(18-17-13)14-5-11(3)4-12(15)6-14/h4-6,9-10,16H,7-8H2,1-3H3. The van der Waals surface area contributed by atoms with E-state index in [0.29, 0.717) is 18.2 Å². The van der Waals surface area contributed by atoms with Gasteiger partial charge in [0.05, 0.1) is 17.6 Å². The van der Waals surface area contributed by atoms with E-state index in [1.165, 1.54) is 12.1 Å². The molecule has 0 radical (unpaired) electrons. The molecule has 0 aliphatic rings. The predicted octanol–water partition coefficient (Wildman–Crippen LogP) is 2.46. The average Bonchev–Trinajstić information content (AvgIpc) is 2.76. The van der Waals surface area contributed by atoms with Gasteiger partial charge in [-0.1, -0.05) is 19.1 Å². The second kappa shape index (κ2) is 5.93. The van der Waals surface area contributed by atoms with E-state index in [1.807, 2.05) is 19.2 Å². The highest BCUT2D eigenvalue weighted by Gasteiger charge is 2.05. The Hall–Kier alpha value is -1.75. The predicted molar refractivity (Wildman–Crippen MR) is 72.6 cm³/mol. The Kier molecular flexibility index (Phi) is 4.27. The molecule has 1 heterocycles. The number of nitrogens with one attached hydrogen (secondary N) is 1. The van der Waals surface area contributed by atoms with Gasteiger partial charge in [-0.25, -0.2) is 9.07 Å². The molecule has 0 aliphatic carbocycles. The van der Waals surface area contributed by atoms with E-state index in [0.717, 1.165) is 17.8 Å². The fourth-order valence-electron chi connectivity index (χ4n) is 1.84. The van der Waals surface area contributed by atoms with Crippen LogP contribution in [-0.2, 0) is 6.54 Å². The average molecular weight is 262 g/mol. The van der Waals surface area contributed by atoms with E-state index < -0.39 is 0 Å². The molecule has 4 nitrogen and oxygen atoms in total. The minimum Gasteiger partial charge on any atom is -0.311 e. The van der Waals surface area contributed by atoms with Crippen molar-refractivity contribution in [1.82, 2.24) is 20.3 Å². The Balaban J connectivity index is 2.07. The van der Waals surface area contributed by atoms with Gasteiger partial charge in [0.25, 0.3) is 0 Å². The number of halogens is 1. The zero-order chi connectivity index (χ0) is 13.8. The van der Waals surface area contributed by atoms with Crippen LogP contribution in [0.4, 0.5) is 4.39 Å². The molecule has 102 valence electrons. The second-order valence-electron chi connectivity index (χ2n) is 5.17. The quantitative estimate of drug-likeness (QED) is 0.900. The van der Waals surface area contributed by atoms with Crippen molar-refractivity contribution in [2.75, 3.05) is 6.54 Å². The molecule has 0 amide bonds. The minimum atomic E-state index is -0.259. The van der Waals surface area contributed by atoms with Gasteiger partial charge in [0.1, 0.15) is 5.82 Å². The molecule has 0 aliphatic heterocycles. The molecule has 0 fully saturated rings. The van der Waals surface area contributed by atoms with Crippen molar-refractivity contribution in [1.29, 1.82) is 0 Å². The lowest BCUT2D eigenvalue weighted by Crippen LogP contribution is -2.19. The summed E-state index contributed by atoms with van der Waals surface area (Å²) >= 11 is 0. The third kappa shape index (κ3) is 3.86. The van der Waals surface area contributed by atoms with Gasteiger partial charge in [0, 0.05) is 6.54 Å². The lowest BCUT2D eigenvalue weighted by molar-refractivity contribution is 0.548. The summed E-state index contributed by atoms with van der Waals surface area (Å²) in [6, 6.07) is 4.82. The molecule has 2 rings (SSSR count). The number of aromatic nitrogens is 3. The Bertz CT molecular complexity index is 528. The second-order valence-corrected chi connectivity index (χ2v) is 5.17. The molecule has 19 heavy (non-hydrogen) atoms. The van der Waals surface area contributed by atoms with Crippen LogP contribution in [0.1, 0.15) is 25.1 Å². The first-order valence-electron chi connectivity index (χ1n) is 6.44. The maximum Gasteiger partial charge on any atom is 0.125 e. The summed E-state index contributed by atoms with van der Waals surface area (Å²) in [6.45, 7) is 7.77. The smallest absolute Gasteiger partial charge is 0.125 e. The number of nitrogens with zero attached hydrogens (tertiary/aromatic N) is 3. The number of rotatable bonds is 5. The molecule has 0 unspecified atom stereocenters. The topological polar surface area (TPSA) is 42.7 Å². The maximum absolute atomic E-state index is 13.3. The summed E-state index contributed by atoms with van der Waals surface area (Å²) in [6.07, 6.45) is 1.82. The molecule has 1 N–H and O–H groups in total. The third-order valence-electron chi connectivity index (χ3n) is 2.69. The lowest BCUT2D eigenvalue weighted by Gasteiger charge is -2.04. The molecular weight excluding hydrogens is 243 g/mol. The Morgan fingerprint density at radius 3 is 2.79 bits per heavy atom. The molecule has 0 spiro atoms. The first-order chi connectivity index (χ1) is 9.04. The van der Waals surface area contributed by atoms with Gasteiger partial charge in [-0.05, 0) is 43.1 Å². The molecule has 1 aromatic heterocycles.